The summed E-state index contributed by atoms with van der Waals surface area (Å²) in [4.78, 5) is 6.50. The maximum absolute atomic E-state index is 5.41. The van der Waals surface area contributed by atoms with Gasteiger partial charge < -0.3 is 25.0 Å². The first-order valence-electron chi connectivity index (χ1n) is 8.37. The second kappa shape index (κ2) is 10.1. The molecule has 0 spiro atoms. The smallest absolute Gasteiger partial charge is 0.231 e. The lowest BCUT2D eigenvalue weighted by Crippen LogP contribution is -2.45. The maximum Gasteiger partial charge on any atom is 0.231 e. The zero-order valence-corrected chi connectivity index (χ0v) is 18.2. The van der Waals surface area contributed by atoms with Gasteiger partial charge in [-0.3, -0.25) is 4.99 Å². The van der Waals surface area contributed by atoms with Crippen LogP contribution < -0.4 is 20.1 Å². The summed E-state index contributed by atoms with van der Waals surface area (Å²) in [5.41, 5.74) is 1.40. The van der Waals surface area contributed by atoms with Gasteiger partial charge in [0.05, 0.1) is 0 Å². The molecule has 25 heavy (non-hydrogen) atoms. The van der Waals surface area contributed by atoms with Crippen molar-refractivity contribution < 1.29 is 9.47 Å². The second-order valence-electron chi connectivity index (χ2n) is 7.19. The molecule has 0 unspecified atom stereocenters. The van der Waals surface area contributed by atoms with E-state index in [0.717, 1.165) is 43.5 Å². The molecular formula is C18H31IN4O2. The van der Waals surface area contributed by atoms with Crippen LogP contribution in [-0.4, -0.2) is 58.4 Å². The SMILES string of the molecule is CN=C(NCCc1ccc2c(c1)OCO2)NCC(C)(C)CN(C)C.I. The molecule has 1 aliphatic heterocycles. The Hall–Kier alpha value is -1.22. The van der Waals surface area contributed by atoms with Gasteiger partial charge in [0.2, 0.25) is 6.79 Å². The molecule has 1 aromatic rings. The molecule has 0 saturated carbocycles. The summed E-state index contributed by atoms with van der Waals surface area (Å²) in [6.45, 7) is 7.52. The van der Waals surface area contributed by atoms with Gasteiger partial charge in [-0.05, 0) is 43.6 Å². The Morgan fingerprint density at radius 1 is 1.20 bits per heavy atom. The van der Waals surface area contributed by atoms with Crippen molar-refractivity contribution in [3.05, 3.63) is 23.8 Å². The van der Waals surface area contributed by atoms with Crippen molar-refractivity contribution in [1.82, 2.24) is 15.5 Å². The Morgan fingerprint density at radius 3 is 2.60 bits per heavy atom. The van der Waals surface area contributed by atoms with Crippen molar-refractivity contribution in [3.8, 4) is 11.5 Å². The molecule has 1 heterocycles. The summed E-state index contributed by atoms with van der Waals surface area (Å²) in [6, 6.07) is 6.08. The number of benzene rings is 1. The number of nitrogens with one attached hydrogen (secondary N) is 2. The van der Waals surface area contributed by atoms with Crippen LogP contribution in [0.3, 0.4) is 0 Å². The lowest BCUT2D eigenvalue weighted by atomic mass is 9.93. The monoisotopic (exact) mass is 462 g/mol. The van der Waals surface area contributed by atoms with Gasteiger partial charge >= 0.3 is 0 Å². The molecule has 7 heteroatoms. The Balaban J connectivity index is 0.00000312. The molecule has 6 nitrogen and oxygen atoms in total. The molecule has 2 N–H and O–H groups in total. The van der Waals surface area contributed by atoms with Gasteiger partial charge in [0, 0.05) is 26.7 Å². The molecule has 0 radical (unpaired) electrons. The first kappa shape index (κ1) is 21.8. The molecule has 0 bridgehead atoms. The molecule has 1 aromatic carbocycles. The summed E-state index contributed by atoms with van der Waals surface area (Å²) < 4.78 is 10.7. The van der Waals surface area contributed by atoms with E-state index in [-0.39, 0.29) is 29.4 Å². The third kappa shape index (κ3) is 7.27. The van der Waals surface area contributed by atoms with Gasteiger partial charge in [0.15, 0.2) is 17.5 Å². The van der Waals surface area contributed by atoms with E-state index in [1.54, 1.807) is 7.05 Å². The molecule has 0 aromatic heterocycles. The molecule has 2 rings (SSSR count). The number of fused-ring (bicyclic) bond motifs is 1. The first-order valence-corrected chi connectivity index (χ1v) is 8.37. The molecule has 0 amide bonds. The first-order chi connectivity index (χ1) is 11.4. The standard InChI is InChI=1S/C18H30N4O2.HI/c1-18(2,12-22(4)5)11-21-17(19-3)20-9-8-14-6-7-15-16(10-14)24-13-23-15;/h6-7,10H,8-9,11-13H2,1-5H3,(H2,19,20,21);1H. The zero-order valence-electron chi connectivity index (χ0n) is 15.9. The zero-order chi connectivity index (χ0) is 17.6. The lowest BCUT2D eigenvalue weighted by Gasteiger charge is -2.29. The third-order valence-electron chi connectivity index (χ3n) is 3.85. The Labute approximate surface area is 168 Å². The van der Waals surface area contributed by atoms with Crippen LogP contribution in [-0.2, 0) is 6.42 Å². The number of rotatable bonds is 7. The molecule has 0 saturated heterocycles. The van der Waals surface area contributed by atoms with Crippen LogP contribution in [0.15, 0.2) is 23.2 Å². The van der Waals surface area contributed by atoms with Crippen molar-refractivity contribution >= 4 is 29.9 Å². The second-order valence-corrected chi connectivity index (χ2v) is 7.19. The fourth-order valence-electron chi connectivity index (χ4n) is 2.88. The summed E-state index contributed by atoms with van der Waals surface area (Å²) in [5, 5.41) is 6.78. The van der Waals surface area contributed by atoms with Crippen molar-refractivity contribution in [2.24, 2.45) is 10.4 Å². The van der Waals surface area contributed by atoms with Gasteiger partial charge in [0.25, 0.3) is 0 Å². The predicted octanol–water partition coefficient (Wildman–Crippen LogP) is 2.33. The van der Waals surface area contributed by atoms with Gasteiger partial charge in [-0.1, -0.05) is 19.9 Å². The Morgan fingerprint density at radius 2 is 1.92 bits per heavy atom. The van der Waals surface area contributed by atoms with Gasteiger partial charge in [-0.2, -0.15) is 0 Å². The van der Waals surface area contributed by atoms with E-state index < -0.39 is 0 Å². The van der Waals surface area contributed by atoms with E-state index in [2.05, 4.69) is 54.5 Å². The Bertz CT molecular complexity index is 576. The van der Waals surface area contributed by atoms with Crippen molar-refractivity contribution in [3.63, 3.8) is 0 Å². The highest BCUT2D eigenvalue weighted by atomic mass is 127. The summed E-state index contributed by atoms with van der Waals surface area (Å²) in [5.74, 6) is 2.50. The van der Waals surface area contributed by atoms with Gasteiger partial charge in [-0.25, -0.2) is 0 Å². The van der Waals surface area contributed by atoms with Crippen molar-refractivity contribution in [2.75, 3.05) is 47.6 Å². The molecule has 1 aliphatic rings. The minimum atomic E-state index is 0. The van der Waals surface area contributed by atoms with Gasteiger partial charge in [-0.15, -0.1) is 24.0 Å². The topological polar surface area (TPSA) is 58.1 Å². The van der Waals surface area contributed by atoms with Crippen LogP contribution in [0.25, 0.3) is 0 Å². The number of halogens is 1. The van der Waals surface area contributed by atoms with E-state index >= 15 is 0 Å². The maximum atomic E-state index is 5.41. The normalized spacial score (nSPS) is 13.6. The van der Waals surface area contributed by atoms with Crippen LogP contribution in [0, 0.1) is 5.41 Å². The largest absolute Gasteiger partial charge is 0.454 e. The molecular weight excluding hydrogens is 431 g/mol. The highest BCUT2D eigenvalue weighted by Gasteiger charge is 2.19. The molecule has 142 valence electrons. The fraction of sp³-hybridized carbons (Fsp3) is 0.611. The quantitative estimate of drug-likeness (QED) is 0.370. The highest BCUT2D eigenvalue weighted by Crippen LogP contribution is 2.32. The molecule has 0 aliphatic carbocycles. The summed E-state index contributed by atoms with van der Waals surface area (Å²) in [6.07, 6.45) is 0.901. The number of guanidine groups is 1. The van der Waals surface area contributed by atoms with Crippen LogP contribution in [0.1, 0.15) is 19.4 Å². The van der Waals surface area contributed by atoms with E-state index in [4.69, 9.17) is 9.47 Å². The molecule has 0 fully saturated rings. The van der Waals surface area contributed by atoms with Crippen LogP contribution >= 0.6 is 24.0 Å². The number of nitrogens with zero attached hydrogens (tertiary/aromatic N) is 2. The van der Waals surface area contributed by atoms with Crippen LogP contribution in [0.4, 0.5) is 0 Å². The minimum Gasteiger partial charge on any atom is -0.454 e. The number of ether oxygens (including phenoxy) is 2. The fourth-order valence-corrected chi connectivity index (χ4v) is 2.88. The number of aliphatic imine (C=N–C) groups is 1. The Kier molecular flexibility index (Phi) is 8.78. The van der Waals surface area contributed by atoms with E-state index in [1.807, 2.05) is 12.1 Å². The predicted molar refractivity (Wildman–Crippen MR) is 113 cm³/mol. The average Bonchev–Trinajstić information content (AvgIpc) is 2.97. The number of hydrogen-bond donors (Lipinski definition) is 2. The summed E-state index contributed by atoms with van der Waals surface area (Å²) in [7, 11) is 6.00. The van der Waals surface area contributed by atoms with Gasteiger partial charge in [0.1, 0.15) is 0 Å². The minimum absolute atomic E-state index is 0. The van der Waals surface area contributed by atoms with E-state index in [1.165, 1.54) is 5.56 Å². The summed E-state index contributed by atoms with van der Waals surface area (Å²) >= 11 is 0. The number of hydrogen-bond acceptors (Lipinski definition) is 4. The van der Waals surface area contributed by atoms with E-state index in [0.29, 0.717) is 6.79 Å². The lowest BCUT2D eigenvalue weighted by molar-refractivity contribution is 0.174. The van der Waals surface area contributed by atoms with Crippen LogP contribution in [0.2, 0.25) is 0 Å². The van der Waals surface area contributed by atoms with Crippen LogP contribution in [0.5, 0.6) is 11.5 Å². The van der Waals surface area contributed by atoms with Crippen molar-refractivity contribution in [1.29, 1.82) is 0 Å². The van der Waals surface area contributed by atoms with E-state index in [9.17, 15) is 0 Å². The van der Waals surface area contributed by atoms with Crippen molar-refractivity contribution in [2.45, 2.75) is 20.3 Å². The third-order valence-corrected chi connectivity index (χ3v) is 3.85. The molecule has 0 atom stereocenters. The highest BCUT2D eigenvalue weighted by molar-refractivity contribution is 14.0. The average molecular weight is 462 g/mol.